The molecule has 1 aromatic carbocycles. The van der Waals surface area contributed by atoms with Crippen LogP contribution in [0.4, 0.5) is 5.69 Å². The Balaban J connectivity index is 1.60. The van der Waals surface area contributed by atoms with Crippen LogP contribution >= 0.6 is 0 Å². The largest absolute Gasteiger partial charge is 0.481 e. The number of carboxylic acid groups (broad SMARTS) is 1. The van der Waals surface area contributed by atoms with E-state index in [9.17, 15) is 14.7 Å². The van der Waals surface area contributed by atoms with E-state index in [2.05, 4.69) is 11.4 Å². The second-order valence-corrected chi connectivity index (χ2v) is 6.91. The quantitative estimate of drug-likeness (QED) is 0.843. The van der Waals surface area contributed by atoms with E-state index in [4.69, 9.17) is 0 Å². The maximum absolute atomic E-state index is 12.7. The highest BCUT2D eigenvalue weighted by molar-refractivity contribution is 5.96. The van der Waals surface area contributed by atoms with Gasteiger partial charge in [0.25, 0.3) is 0 Å². The Hall–Kier alpha value is -2.10. The van der Waals surface area contributed by atoms with E-state index in [-0.39, 0.29) is 23.2 Å². The van der Waals surface area contributed by atoms with Crippen LogP contribution in [0.25, 0.3) is 0 Å². The van der Waals surface area contributed by atoms with Crippen molar-refractivity contribution < 1.29 is 14.7 Å². The Bertz CT molecular complexity index is 672. The molecule has 2 N–H and O–H groups in total. The van der Waals surface area contributed by atoms with Gasteiger partial charge in [0.2, 0.25) is 5.91 Å². The van der Waals surface area contributed by atoms with Gasteiger partial charge in [-0.3, -0.25) is 9.59 Å². The summed E-state index contributed by atoms with van der Waals surface area (Å²) in [7, 11) is 0. The second-order valence-electron chi connectivity index (χ2n) is 6.91. The minimum Gasteiger partial charge on any atom is -0.481 e. The molecule has 2 saturated carbocycles. The first-order valence-electron chi connectivity index (χ1n) is 7.82. The van der Waals surface area contributed by atoms with Crippen molar-refractivity contribution in [2.24, 2.45) is 29.1 Å². The van der Waals surface area contributed by atoms with E-state index in [1.54, 1.807) is 0 Å². The highest BCUT2D eigenvalue weighted by Gasteiger charge is 2.70. The number of carbonyl (C=O) groups excluding carboxylic acids is 1. The lowest BCUT2D eigenvalue weighted by molar-refractivity contribution is -0.146. The molecule has 0 unspecified atom stereocenters. The van der Waals surface area contributed by atoms with Crippen LogP contribution < -0.4 is 5.32 Å². The van der Waals surface area contributed by atoms with Crippen molar-refractivity contribution in [2.75, 3.05) is 5.32 Å². The molecule has 1 aromatic rings. The van der Waals surface area contributed by atoms with E-state index in [0.717, 1.165) is 24.1 Å². The Morgan fingerprint density at radius 2 is 1.68 bits per heavy atom. The Kier molecular flexibility index (Phi) is 2.74. The van der Waals surface area contributed by atoms with Gasteiger partial charge in [0, 0.05) is 5.69 Å². The van der Waals surface area contributed by atoms with E-state index in [1.807, 2.05) is 37.3 Å². The van der Waals surface area contributed by atoms with E-state index < -0.39 is 17.8 Å². The molecule has 1 spiro atoms. The minimum atomic E-state index is -0.841. The predicted octanol–water partition coefficient (Wildman–Crippen LogP) is 2.85. The molecule has 0 aliphatic heterocycles. The van der Waals surface area contributed by atoms with Gasteiger partial charge >= 0.3 is 5.97 Å². The molecule has 4 rings (SSSR count). The smallest absolute Gasteiger partial charge is 0.307 e. The van der Waals surface area contributed by atoms with Crippen LogP contribution in [-0.2, 0) is 9.59 Å². The summed E-state index contributed by atoms with van der Waals surface area (Å²) < 4.78 is 0. The number of hydrogen-bond acceptors (Lipinski definition) is 2. The lowest BCUT2D eigenvalue weighted by atomic mass is 9.82. The van der Waals surface area contributed by atoms with Gasteiger partial charge in [-0.2, -0.15) is 0 Å². The number of hydrogen-bond donors (Lipinski definition) is 2. The van der Waals surface area contributed by atoms with Crippen molar-refractivity contribution in [2.45, 2.75) is 19.8 Å². The van der Waals surface area contributed by atoms with Crippen molar-refractivity contribution >= 4 is 17.6 Å². The lowest BCUT2D eigenvalue weighted by Gasteiger charge is -2.23. The summed E-state index contributed by atoms with van der Waals surface area (Å²) in [6.07, 6.45) is 6.21. The van der Waals surface area contributed by atoms with Crippen LogP contribution in [0, 0.1) is 36.0 Å². The molecule has 2 fully saturated rings. The molecule has 0 radical (unpaired) electrons. The summed E-state index contributed by atoms with van der Waals surface area (Å²) in [6, 6.07) is 7.60. The number of anilines is 1. The topological polar surface area (TPSA) is 66.4 Å². The first-order valence-corrected chi connectivity index (χ1v) is 7.82. The Morgan fingerprint density at radius 3 is 2.23 bits per heavy atom. The molecule has 2 bridgehead atoms. The number of nitrogens with one attached hydrogen (secondary N) is 1. The van der Waals surface area contributed by atoms with Crippen molar-refractivity contribution in [3.63, 3.8) is 0 Å². The third kappa shape index (κ3) is 1.76. The average molecular weight is 297 g/mol. The normalized spacial score (nSPS) is 33.1. The minimum absolute atomic E-state index is 0.0313. The maximum Gasteiger partial charge on any atom is 0.307 e. The number of benzene rings is 1. The zero-order chi connectivity index (χ0) is 15.5. The summed E-state index contributed by atoms with van der Waals surface area (Å²) >= 11 is 0. The number of aryl methyl sites for hydroxylation is 1. The number of amides is 1. The average Bonchev–Trinajstić information content (AvgIpc) is 3.15. The van der Waals surface area contributed by atoms with Gasteiger partial charge in [-0.15, -0.1) is 0 Å². The van der Waals surface area contributed by atoms with Crippen molar-refractivity contribution in [3.05, 3.63) is 42.0 Å². The molecule has 0 saturated heterocycles. The zero-order valence-corrected chi connectivity index (χ0v) is 12.5. The number of rotatable bonds is 3. The lowest BCUT2D eigenvalue weighted by Crippen LogP contribution is -2.36. The van der Waals surface area contributed by atoms with Gasteiger partial charge in [0.1, 0.15) is 0 Å². The first kappa shape index (κ1) is 13.6. The fourth-order valence-corrected chi connectivity index (χ4v) is 4.55. The molecule has 4 atom stereocenters. The SMILES string of the molecule is Cc1ccc(NC(=O)[C@@H]2[C@@H](C(=O)O)[C@@H]3C=C[C@@H]2C32CC2)cc1. The molecule has 3 aliphatic carbocycles. The van der Waals surface area contributed by atoms with Crippen LogP contribution in [-0.4, -0.2) is 17.0 Å². The third-order valence-electron chi connectivity index (χ3n) is 5.75. The Morgan fingerprint density at radius 1 is 1.09 bits per heavy atom. The molecule has 22 heavy (non-hydrogen) atoms. The molecule has 114 valence electrons. The van der Waals surface area contributed by atoms with Gasteiger partial charge < -0.3 is 10.4 Å². The summed E-state index contributed by atoms with van der Waals surface area (Å²) in [5, 5.41) is 12.5. The number of carbonyl (C=O) groups is 2. The highest BCUT2D eigenvalue weighted by atomic mass is 16.4. The molecule has 4 nitrogen and oxygen atoms in total. The summed E-state index contributed by atoms with van der Waals surface area (Å²) in [6.45, 7) is 1.99. The van der Waals surface area contributed by atoms with E-state index in [1.165, 1.54) is 0 Å². The highest BCUT2D eigenvalue weighted by Crippen LogP contribution is 2.72. The van der Waals surface area contributed by atoms with Gasteiger partial charge in [0.15, 0.2) is 0 Å². The van der Waals surface area contributed by atoms with Gasteiger partial charge in [-0.25, -0.2) is 0 Å². The van der Waals surface area contributed by atoms with E-state index in [0.29, 0.717) is 0 Å². The summed E-state index contributed by atoms with van der Waals surface area (Å²) in [5.74, 6) is -1.90. The van der Waals surface area contributed by atoms with Crippen molar-refractivity contribution in [1.29, 1.82) is 0 Å². The van der Waals surface area contributed by atoms with Crippen LogP contribution in [0.5, 0.6) is 0 Å². The summed E-state index contributed by atoms with van der Waals surface area (Å²) in [4.78, 5) is 24.4. The van der Waals surface area contributed by atoms with Crippen LogP contribution in [0.1, 0.15) is 18.4 Å². The molecule has 0 heterocycles. The number of carboxylic acids is 1. The molecule has 1 amide bonds. The molecule has 0 aromatic heterocycles. The molecule has 3 aliphatic rings. The van der Waals surface area contributed by atoms with Crippen molar-refractivity contribution in [1.82, 2.24) is 0 Å². The standard InChI is InChI=1S/C18H19NO3/c1-10-2-4-11(5-3-10)19-16(20)14-12-6-7-13(15(14)17(21)22)18(12)8-9-18/h2-7,12-15H,8-9H2,1H3,(H,19,20)(H,21,22)/t12-,13-,14-,15-/m0/s1. The molecule has 4 heteroatoms. The second kappa shape index (κ2) is 4.45. The van der Waals surface area contributed by atoms with E-state index >= 15 is 0 Å². The first-order chi connectivity index (χ1) is 10.5. The number of allylic oxidation sites excluding steroid dienone is 2. The Labute approximate surface area is 129 Å². The number of aliphatic carboxylic acids is 1. The zero-order valence-electron chi connectivity index (χ0n) is 12.5. The van der Waals surface area contributed by atoms with Crippen LogP contribution in [0.15, 0.2) is 36.4 Å². The predicted molar refractivity (Wildman–Crippen MR) is 82.2 cm³/mol. The van der Waals surface area contributed by atoms with Gasteiger partial charge in [-0.1, -0.05) is 29.8 Å². The van der Waals surface area contributed by atoms with Crippen molar-refractivity contribution in [3.8, 4) is 0 Å². The third-order valence-corrected chi connectivity index (χ3v) is 5.75. The molecular formula is C18H19NO3. The van der Waals surface area contributed by atoms with Gasteiger partial charge in [-0.05, 0) is 49.1 Å². The molecular weight excluding hydrogens is 278 g/mol. The fraction of sp³-hybridized carbons (Fsp3) is 0.444. The maximum atomic E-state index is 12.7. The van der Waals surface area contributed by atoms with Crippen LogP contribution in [0.3, 0.4) is 0 Å². The summed E-state index contributed by atoms with van der Waals surface area (Å²) in [5.41, 5.74) is 1.93. The monoisotopic (exact) mass is 297 g/mol. The fourth-order valence-electron chi connectivity index (χ4n) is 4.55. The van der Waals surface area contributed by atoms with Crippen LogP contribution in [0.2, 0.25) is 0 Å². The van der Waals surface area contributed by atoms with Gasteiger partial charge in [0.05, 0.1) is 11.8 Å².